The maximum absolute atomic E-state index is 12.9. The maximum atomic E-state index is 12.9. The van der Waals surface area contributed by atoms with Gasteiger partial charge in [0.15, 0.2) is 6.10 Å². The highest BCUT2D eigenvalue weighted by molar-refractivity contribution is 5.71. The monoisotopic (exact) mass is 1030 g/mol. The maximum Gasteiger partial charge on any atom is 0.306 e. The first-order valence-electron chi connectivity index (χ1n) is 33.2. The van der Waals surface area contributed by atoms with Crippen molar-refractivity contribution < 1.29 is 28.6 Å². The Morgan fingerprint density at radius 1 is 0.274 bits per heavy atom. The Bertz CT molecular complexity index is 1140. The van der Waals surface area contributed by atoms with Gasteiger partial charge >= 0.3 is 17.9 Å². The van der Waals surface area contributed by atoms with Crippen LogP contribution in [0.3, 0.4) is 0 Å². The van der Waals surface area contributed by atoms with Gasteiger partial charge in [0.25, 0.3) is 0 Å². The first kappa shape index (κ1) is 71.4. The molecule has 0 saturated carbocycles. The Hall–Kier alpha value is -1.59. The fraction of sp³-hybridized carbons (Fsp3) is 0.955. The zero-order chi connectivity index (χ0) is 53.3. The van der Waals surface area contributed by atoms with Gasteiger partial charge in [0.2, 0.25) is 0 Å². The van der Waals surface area contributed by atoms with E-state index in [0.717, 1.165) is 75.5 Å². The minimum Gasteiger partial charge on any atom is -0.462 e. The molecule has 0 aliphatic heterocycles. The molecule has 0 fully saturated rings. The van der Waals surface area contributed by atoms with Crippen LogP contribution < -0.4 is 0 Å². The number of unbranched alkanes of at least 4 members (excludes halogenated alkanes) is 41. The fourth-order valence-electron chi connectivity index (χ4n) is 10.3. The smallest absolute Gasteiger partial charge is 0.306 e. The zero-order valence-corrected chi connectivity index (χ0v) is 50.4. The second-order valence-corrected chi connectivity index (χ2v) is 24.1. The lowest BCUT2D eigenvalue weighted by molar-refractivity contribution is -0.167. The number of esters is 3. The predicted octanol–water partition coefficient (Wildman–Crippen LogP) is 22.2. The van der Waals surface area contributed by atoms with Crippen LogP contribution in [0, 0.1) is 17.8 Å². The second-order valence-electron chi connectivity index (χ2n) is 24.1. The van der Waals surface area contributed by atoms with E-state index in [4.69, 9.17) is 14.2 Å². The third kappa shape index (κ3) is 57.9. The van der Waals surface area contributed by atoms with E-state index in [1.807, 2.05) is 0 Å². The van der Waals surface area contributed by atoms with E-state index in [0.29, 0.717) is 19.3 Å². The van der Waals surface area contributed by atoms with E-state index in [1.165, 1.54) is 257 Å². The topological polar surface area (TPSA) is 78.9 Å². The number of ether oxygens (including phenoxy) is 3. The summed E-state index contributed by atoms with van der Waals surface area (Å²) < 4.78 is 17.0. The van der Waals surface area contributed by atoms with Crippen LogP contribution in [-0.4, -0.2) is 37.2 Å². The van der Waals surface area contributed by atoms with Gasteiger partial charge in [-0.05, 0) is 37.0 Å². The van der Waals surface area contributed by atoms with Crippen LogP contribution in [0.1, 0.15) is 375 Å². The Morgan fingerprint density at radius 2 is 0.479 bits per heavy atom. The molecule has 0 aromatic rings. The molecule has 73 heavy (non-hydrogen) atoms. The molecule has 0 amide bonds. The van der Waals surface area contributed by atoms with Crippen molar-refractivity contribution >= 4 is 17.9 Å². The summed E-state index contributed by atoms with van der Waals surface area (Å²) in [7, 11) is 0. The summed E-state index contributed by atoms with van der Waals surface area (Å²) in [5, 5.41) is 0. The van der Waals surface area contributed by atoms with E-state index in [9.17, 15) is 14.4 Å². The second kappa shape index (κ2) is 58.1. The van der Waals surface area contributed by atoms with Gasteiger partial charge in [-0.3, -0.25) is 14.4 Å². The Balaban J connectivity index is 4.28. The highest BCUT2D eigenvalue weighted by atomic mass is 16.6. The summed E-state index contributed by atoms with van der Waals surface area (Å²) in [6.07, 6.45) is 63.8. The summed E-state index contributed by atoms with van der Waals surface area (Å²) in [5.74, 6) is 1.80. The molecule has 0 N–H and O–H groups in total. The summed E-state index contributed by atoms with van der Waals surface area (Å²) in [4.78, 5) is 38.4. The number of rotatable bonds is 60. The molecule has 0 bridgehead atoms. The largest absolute Gasteiger partial charge is 0.462 e. The van der Waals surface area contributed by atoms with Gasteiger partial charge in [-0.25, -0.2) is 0 Å². The third-order valence-electron chi connectivity index (χ3n) is 16.1. The normalized spacial score (nSPS) is 12.9. The van der Waals surface area contributed by atoms with Crippen molar-refractivity contribution in [3.05, 3.63) is 0 Å². The van der Waals surface area contributed by atoms with E-state index < -0.39 is 6.10 Å². The van der Waals surface area contributed by atoms with Gasteiger partial charge in [-0.1, -0.05) is 337 Å². The molecule has 0 saturated heterocycles. The van der Waals surface area contributed by atoms with Crippen molar-refractivity contribution in [1.29, 1.82) is 0 Å². The van der Waals surface area contributed by atoms with Crippen molar-refractivity contribution in [1.82, 2.24) is 0 Å². The quantitative estimate of drug-likeness (QED) is 0.0343. The van der Waals surface area contributed by atoms with Crippen LogP contribution in [0.2, 0.25) is 0 Å². The third-order valence-corrected chi connectivity index (χ3v) is 16.1. The zero-order valence-electron chi connectivity index (χ0n) is 50.4. The minimum absolute atomic E-state index is 0.0624. The van der Waals surface area contributed by atoms with Gasteiger partial charge < -0.3 is 14.2 Å². The highest BCUT2D eigenvalue weighted by Crippen LogP contribution is 2.20. The molecule has 6 nitrogen and oxygen atoms in total. The molecule has 0 aromatic carbocycles. The van der Waals surface area contributed by atoms with Crippen LogP contribution in [0.4, 0.5) is 0 Å². The molecule has 0 aliphatic rings. The van der Waals surface area contributed by atoms with Crippen molar-refractivity contribution in [3.63, 3.8) is 0 Å². The van der Waals surface area contributed by atoms with Gasteiger partial charge in [0.05, 0.1) is 0 Å². The summed E-state index contributed by atoms with van der Waals surface area (Å²) >= 11 is 0. The van der Waals surface area contributed by atoms with Crippen LogP contribution in [0.5, 0.6) is 0 Å². The van der Waals surface area contributed by atoms with Crippen LogP contribution in [0.15, 0.2) is 0 Å². The molecule has 2 unspecified atom stereocenters. The first-order chi connectivity index (χ1) is 35.7. The van der Waals surface area contributed by atoms with Gasteiger partial charge in [0.1, 0.15) is 13.2 Å². The molecule has 0 rings (SSSR count). The Morgan fingerprint density at radius 3 is 0.712 bits per heavy atom. The average molecular weight is 1030 g/mol. The molecule has 0 radical (unpaired) electrons. The first-order valence-corrected chi connectivity index (χ1v) is 33.2. The lowest BCUT2D eigenvalue weighted by Gasteiger charge is -2.18. The Kier molecular flexibility index (Phi) is 56.8. The molecule has 0 aromatic heterocycles. The van der Waals surface area contributed by atoms with E-state index >= 15 is 0 Å². The number of carbonyl (C=O) groups excluding carboxylic acids is 3. The molecule has 6 heteroatoms. The van der Waals surface area contributed by atoms with Crippen LogP contribution >= 0.6 is 0 Å². The van der Waals surface area contributed by atoms with Crippen LogP contribution in [0.25, 0.3) is 0 Å². The number of hydrogen-bond acceptors (Lipinski definition) is 6. The SMILES string of the molecule is CCC(C)CCCCCCCCCCCCCCCCCCCCC(=O)O[C@H](COC(=O)CCCCCCCCCCCCCCCCC(C)CC)COC(=O)CCCCCCCCCCCCCCC(C)C. The molecule has 3 atom stereocenters. The minimum atomic E-state index is -0.765. The summed E-state index contributed by atoms with van der Waals surface area (Å²) in [6, 6.07) is 0. The van der Waals surface area contributed by atoms with E-state index in [1.54, 1.807) is 0 Å². The van der Waals surface area contributed by atoms with Crippen molar-refractivity contribution in [2.24, 2.45) is 17.8 Å². The van der Waals surface area contributed by atoms with E-state index in [-0.39, 0.29) is 31.1 Å². The van der Waals surface area contributed by atoms with Crippen LogP contribution in [-0.2, 0) is 28.6 Å². The molecule has 0 spiro atoms. The van der Waals surface area contributed by atoms with Gasteiger partial charge in [-0.15, -0.1) is 0 Å². The van der Waals surface area contributed by atoms with Gasteiger partial charge in [0, 0.05) is 19.3 Å². The lowest BCUT2D eigenvalue weighted by Crippen LogP contribution is -2.30. The molecule has 0 heterocycles. The van der Waals surface area contributed by atoms with Crippen molar-refractivity contribution in [3.8, 4) is 0 Å². The number of carbonyl (C=O) groups is 3. The van der Waals surface area contributed by atoms with E-state index in [2.05, 4.69) is 41.5 Å². The molecule has 0 aliphatic carbocycles. The standard InChI is InChI=1S/C67H130O6/c1-7-62(5)54-48-42-36-30-24-17-13-11-9-10-12-14-20-28-34-40-46-52-58-67(70)73-64(60-72-66(69)57-51-45-39-33-27-22-21-23-29-35-41-47-53-61(3)4)59-71-65(68)56-50-44-38-32-26-19-16-15-18-25-31-37-43-49-55-63(6)8-2/h61-64H,7-60H2,1-6H3/t62?,63?,64-/m1/s1. The molecular weight excluding hydrogens is 901 g/mol. The number of hydrogen-bond donors (Lipinski definition) is 0. The average Bonchev–Trinajstić information content (AvgIpc) is 3.38. The lowest BCUT2D eigenvalue weighted by atomic mass is 9.99. The van der Waals surface area contributed by atoms with Crippen molar-refractivity contribution in [2.45, 2.75) is 382 Å². The molecule has 434 valence electrons. The molecular formula is C67H130O6. The predicted molar refractivity (Wildman–Crippen MR) is 316 cm³/mol. The van der Waals surface area contributed by atoms with Crippen molar-refractivity contribution in [2.75, 3.05) is 13.2 Å². The van der Waals surface area contributed by atoms with Gasteiger partial charge in [-0.2, -0.15) is 0 Å². The summed E-state index contributed by atoms with van der Waals surface area (Å²) in [5.41, 5.74) is 0. The fourth-order valence-corrected chi connectivity index (χ4v) is 10.3. The Labute approximate surface area is 457 Å². The highest BCUT2D eigenvalue weighted by Gasteiger charge is 2.20. The summed E-state index contributed by atoms with van der Waals surface area (Å²) in [6.45, 7) is 13.9.